The minimum Gasteiger partial charge on any atom is -0.496 e. The molecule has 0 unspecified atom stereocenters. The van der Waals surface area contributed by atoms with Crippen LogP contribution in [0, 0.1) is 0 Å². The molecule has 0 saturated heterocycles. The Bertz CT molecular complexity index is 930. The lowest BCUT2D eigenvalue weighted by Crippen LogP contribution is -2.42. The molecule has 9 heteroatoms. The highest BCUT2D eigenvalue weighted by molar-refractivity contribution is 7.87. The molecule has 2 rings (SSSR count). The number of methoxy groups -OCH3 is 1. The Morgan fingerprint density at radius 3 is 2.30 bits per heavy atom. The number of hydrogen-bond acceptors (Lipinski definition) is 6. The maximum atomic E-state index is 12.5. The summed E-state index contributed by atoms with van der Waals surface area (Å²) in [6.07, 6.45) is 0.498. The maximum absolute atomic E-state index is 12.5. The van der Waals surface area contributed by atoms with E-state index in [1.807, 2.05) is 43.3 Å². The fourth-order valence-electron chi connectivity index (χ4n) is 2.59. The molecule has 0 heterocycles. The molecule has 30 heavy (non-hydrogen) atoms. The van der Waals surface area contributed by atoms with E-state index in [1.54, 1.807) is 18.2 Å². The Kier molecular flexibility index (Phi) is 8.64. The highest BCUT2D eigenvalue weighted by Crippen LogP contribution is 2.17. The first-order valence-corrected chi connectivity index (χ1v) is 10.9. The molecule has 0 bridgehead atoms. The largest absolute Gasteiger partial charge is 0.496 e. The van der Waals surface area contributed by atoms with Crippen LogP contribution in [0.2, 0.25) is 0 Å². The third-order valence-corrected chi connectivity index (χ3v) is 5.88. The lowest BCUT2D eigenvalue weighted by molar-refractivity contribution is 0.0976. The van der Waals surface area contributed by atoms with Gasteiger partial charge >= 0.3 is 10.2 Å². The standard InChI is InChI=1S/C21H29N3O5S/c1-23(2)15-16-29-18-11-9-17(10-12-18)13-14-24(3)30(26,27)22-21(25)19-7-5-6-8-20(19)28-4/h5-12H,13-16H2,1-4H3,(H,22,25). The number of nitrogens with one attached hydrogen (secondary N) is 1. The quantitative estimate of drug-likeness (QED) is 0.579. The van der Waals surface area contributed by atoms with E-state index in [4.69, 9.17) is 9.47 Å². The zero-order valence-electron chi connectivity index (χ0n) is 17.8. The lowest BCUT2D eigenvalue weighted by atomic mass is 10.1. The normalized spacial score (nSPS) is 11.5. The van der Waals surface area contributed by atoms with Crippen LogP contribution in [0.25, 0.3) is 0 Å². The molecule has 1 N–H and O–H groups in total. The molecular weight excluding hydrogens is 406 g/mol. The van der Waals surface area contributed by atoms with E-state index < -0.39 is 16.1 Å². The van der Waals surface area contributed by atoms with Gasteiger partial charge in [0.05, 0.1) is 12.7 Å². The van der Waals surface area contributed by atoms with Gasteiger partial charge in [0, 0.05) is 20.1 Å². The Morgan fingerprint density at radius 2 is 1.67 bits per heavy atom. The first-order valence-electron chi connectivity index (χ1n) is 9.51. The van der Waals surface area contributed by atoms with Crippen molar-refractivity contribution in [1.82, 2.24) is 13.9 Å². The molecule has 0 aliphatic heterocycles. The Hall–Kier alpha value is -2.62. The molecule has 0 spiro atoms. The second-order valence-electron chi connectivity index (χ2n) is 7.00. The monoisotopic (exact) mass is 435 g/mol. The van der Waals surface area contributed by atoms with Crippen LogP contribution in [0.5, 0.6) is 11.5 Å². The van der Waals surface area contributed by atoms with Gasteiger partial charge in [-0.1, -0.05) is 24.3 Å². The fraction of sp³-hybridized carbons (Fsp3) is 0.381. The first kappa shape index (κ1) is 23.7. The van der Waals surface area contributed by atoms with Crippen molar-refractivity contribution in [2.24, 2.45) is 0 Å². The van der Waals surface area contributed by atoms with Crippen LogP contribution in [-0.2, 0) is 16.6 Å². The van der Waals surface area contributed by atoms with Crippen LogP contribution in [0.1, 0.15) is 15.9 Å². The summed E-state index contributed by atoms with van der Waals surface area (Å²) >= 11 is 0. The molecule has 0 aliphatic carbocycles. The van der Waals surface area contributed by atoms with Gasteiger partial charge in [-0.2, -0.15) is 12.7 Å². The number of ether oxygens (including phenoxy) is 2. The number of nitrogens with zero attached hydrogens (tertiary/aromatic N) is 2. The molecule has 0 atom stereocenters. The zero-order valence-corrected chi connectivity index (χ0v) is 18.6. The predicted octanol–water partition coefficient (Wildman–Crippen LogP) is 1.78. The number of amides is 1. The van der Waals surface area contributed by atoms with Crippen molar-refractivity contribution in [3.8, 4) is 11.5 Å². The molecule has 2 aromatic carbocycles. The van der Waals surface area contributed by atoms with Crippen molar-refractivity contribution < 1.29 is 22.7 Å². The van der Waals surface area contributed by atoms with Crippen LogP contribution in [0.4, 0.5) is 0 Å². The molecular formula is C21H29N3O5S. The van der Waals surface area contributed by atoms with E-state index >= 15 is 0 Å². The Morgan fingerprint density at radius 1 is 1.00 bits per heavy atom. The highest BCUT2D eigenvalue weighted by Gasteiger charge is 2.23. The summed E-state index contributed by atoms with van der Waals surface area (Å²) in [5.41, 5.74) is 1.12. The molecule has 0 aliphatic rings. The second kappa shape index (κ2) is 11.0. The number of carbonyl (C=O) groups is 1. The van der Waals surface area contributed by atoms with E-state index in [0.717, 1.165) is 22.2 Å². The van der Waals surface area contributed by atoms with E-state index in [2.05, 4.69) is 4.72 Å². The molecule has 164 valence electrons. The maximum Gasteiger partial charge on any atom is 0.303 e. The minimum atomic E-state index is -3.98. The summed E-state index contributed by atoms with van der Waals surface area (Å²) in [7, 11) is 2.83. The number of hydrogen-bond donors (Lipinski definition) is 1. The van der Waals surface area contributed by atoms with Gasteiger partial charge in [-0.25, -0.2) is 4.72 Å². The van der Waals surface area contributed by atoms with Gasteiger partial charge in [-0.05, 0) is 50.3 Å². The molecule has 0 aromatic heterocycles. The van der Waals surface area contributed by atoms with Gasteiger partial charge in [0.1, 0.15) is 18.1 Å². The molecule has 1 amide bonds. The second-order valence-corrected chi connectivity index (χ2v) is 8.78. The minimum absolute atomic E-state index is 0.154. The molecule has 0 saturated carbocycles. The van der Waals surface area contributed by atoms with Crippen LogP contribution in [-0.4, -0.2) is 71.5 Å². The smallest absolute Gasteiger partial charge is 0.303 e. The summed E-state index contributed by atoms with van der Waals surface area (Å²) in [6, 6.07) is 14.0. The Labute approximate surface area is 178 Å². The molecule has 0 fully saturated rings. The summed E-state index contributed by atoms with van der Waals surface area (Å²) in [6.45, 7) is 1.64. The molecule has 8 nitrogen and oxygen atoms in total. The third kappa shape index (κ3) is 7.01. The zero-order chi connectivity index (χ0) is 22.1. The van der Waals surface area contributed by atoms with E-state index in [-0.39, 0.29) is 12.1 Å². The number of para-hydroxylation sites is 1. The number of benzene rings is 2. The molecule has 2 aromatic rings. The van der Waals surface area contributed by atoms with Crippen molar-refractivity contribution >= 4 is 16.1 Å². The van der Waals surface area contributed by atoms with Crippen molar-refractivity contribution in [1.29, 1.82) is 0 Å². The average Bonchev–Trinajstić information content (AvgIpc) is 2.72. The van der Waals surface area contributed by atoms with Gasteiger partial charge < -0.3 is 14.4 Å². The lowest BCUT2D eigenvalue weighted by Gasteiger charge is -2.18. The van der Waals surface area contributed by atoms with E-state index in [1.165, 1.54) is 20.2 Å². The topological polar surface area (TPSA) is 88.2 Å². The van der Waals surface area contributed by atoms with Crippen molar-refractivity contribution in [2.75, 3.05) is 47.9 Å². The summed E-state index contributed by atoms with van der Waals surface area (Å²) in [5.74, 6) is 0.338. The van der Waals surface area contributed by atoms with Crippen molar-refractivity contribution in [3.05, 3.63) is 59.7 Å². The van der Waals surface area contributed by atoms with Crippen LogP contribution < -0.4 is 14.2 Å². The summed E-state index contributed by atoms with van der Waals surface area (Å²) in [5, 5.41) is 0. The number of carbonyl (C=O) groups excluding carboxylic acids is 1. The number of likely N-dealkylation sites (N-methyl/N-ethyl adjacent to an activating group) is 2. The van der Waals surface area contributed by atoms with E-state index in [9.17, 15) is 13.2 Å². The first-order chi connectivity index (χ1) is 14.2. The number of rotatable bonds is 11. The van der Waals surface area contributed by atoms with Crippen LogP contribution in [0.3, 0.4) is 0 Å². The summed E-state index contributed by atoms with van der Waals surface area (Å²) < 4.78 is 38.9. The highest BCUT2D eigenvalue weighted by atomic mass is 32.2. The van der Waals surface area contributed by atoms with Crippen molar-refractivity contribution in [3.63, 3.8) is 0 Å². The van der Waals surface area contributed by atoms with Gasteiger partial charge in [-0.15, -0.1) is 0 Å². The Balaban J connectivity index is 1.90. The predicted molar refractivity (Wildman–Crippen MR) is 116 cm³/mol. The van der Waals surface area contributed by atoms with Crippen LogP contribution in [0.15, 0.2) is 48.5 Å². The SMILES string of the molecule is COc1ccccc1C(=O)NS(=O)(=O)N(C)CCc1ccc(OCCN(C)C)cc1. The van der Waals surface area contributed by atoms with Gasteiger partial charge in [0.15, 0.2) is 0 Å². The van der Waals surface area contributed by atoms with Gasteiger partial charge in [0.2, 0.25) is 0 Å². The fourth-order valence-corrected chi connectivity index (χ4v) is 3.42. The summed E-state index contributed by atoms with van der Waals surface area (Å²) in [4.78, 5) is 14.4. The van der Waals surface area contributed by atoms with E-state index in [0.29, 0.717) is 18.8 Å². The average molecular weight is 436 g/mol. The molecule has 0 radical (unpaired) electrons. The van der Waals surface area contributed by atoms with Crippen molar-refractivity contribution in [2.45, 2.75) is 6.42 Å². The third-order valence-electron chi connectivity index (χ3n) is 4.43. The van der Waals surface area contributed by atoms with Gasteiger partial charge in [0.25, 0.3) is 5.91 Å². The van der Waals surface area contributed by atoms with Crippen LogP contribution >= 0.6 is 0 Å². The van der Waals surface area contributed by atoms with Gasteiger partial charge in [-0.3, -0.25) is 4.79 Å².